The molecule has 3 amide bonds. The molecule has 2 aliphatic rings. The lowest BCUT2D eigenvalue weighted by atomic mass is 10.1. The van der Waals surface area contributed by atoms with E-state index in [1.54, 1.807) is 4.90 Å². The second-order valence-electron chi connectivity index (χ2n) is 8.09. The van der Waals surface area contributed by atoms with Gasteiger partial charge >= 0.3 is 0 Å². The fourth-order valence-electron chi connectivity index (χ4n) is 3.86. The van der Waals surface area contributed by atoms with Crippen LogP contribution in [0.3, 0.4) is 0 Å². The average molecular weight is 491 g/mol. The van der Waals surface area contributed by atoms with Gasteiger partial charge in [-0.25, -0.2) is 8.78 Å². The molecule has 2 aliphatic heterocycles. The van der Waals surface area contributed by atoms with Gasteiger partial charge in [0.15, 0.2) is 11.4 Å². The van der Waals surface area contributed by atoms with Crippen LogP contribution in [0.4, 0.5) is 8.78 Å². The number of pyridine rings is 1. The highest BCUT2D eigenvalue weighted by Crippen LogP contribution is 2.22. The molecule has 2 aromatic rings. The topological polar surface area (TPSA) is 124 Å². The molecule has 2 N–H and O–H groups in total. The third-order valence-corrected chi connectivity index (χ3v) is 5.87. The second kappa shape index (κ2) is 9.80. The van der Waals surface area contributed by atoms with Crippen molar-refractivity contribution in [2.45, 2.75) is 13.2 Å². The van der Waals surface area contributed by atoms with Gasteiger partial charge in [-0.3, -0.25) is 24.2 Å². The Bertz CT molecular complexity index is 1240. The van der Waals surface area contributed by atoms with Crippen LogP contribution in [-0.2, 0) is 22.7 Å². The first-order valence-electron chi connectivity index (χ1n) is 10.7. The predicted octanol–water partition coefficient (Wildman–Crippen LogP) is -0.119. The van der Waals surface area contributed by atoms with Gasteiger partial charge in [0, 0.05) is 44.5 Å². The van der Waals surface area contributed by atoms with Gasteiger partial charge in [-0.05, 0) is 6.07 Å². The molecule has 3 heterocycles. The summed E-state index contributed by atoms with van der Waals surface area (Å²) in [6.07, 6.45) is 1.10. The van der Waals surface area contributed by atoms with Crippen LogP contribution < -0.4 is 10.7 Å². The summed E-state index contributed by atoms with van der Waals surface area (Å²) in [4.78, 5) is 52.4. The molecule has 0 radical (unpaired) electrons. The first kappa shape index (κ1) is 24.3. The zero-order chi connectivity index (χ0) is 25.3. The highest BCUT2D eigenvalue weighted by molar-refractivity contribution is 5.98. The van der Waals surface area contributed by atoms with E-state index in [1.807, 2.05) is 0 Å². The maximum atomic E-state index is 13.9. The Balaban J connectivity index is 1.55. The largest absolute Gasteiger partial charge is 0.503 e. The zero-order valence-corrected chi connectivity index (χ0v) is 18.8. The number of fused-ring (bicyclic) bond motifs is 1. The highest BCUT2D eigenvalue weighted by atomic mass is 19.1. The minimum atomic E-state index is -1.08. The van der Waals surface area contributed by atoms with Crippen LogP contribution >= 0.6 is 0 Å². The van der Waals surface area contributed by atoms with Crippen molar-refractivity contribution >= 4 is 17.7 Å². The molecular weight excluding hydrogens is 468 g/mol. The number of hydrogen-bond acceptors (Lipinski definition) is 7. The normalized spacial score (nSPS) is 16.3. The number of halogens is 2. The van der Waals surface area contributed by atoms with Gasteiger partial charge in [0.25, 0.3) is 11.8 Å². The number of hydrazine groups is 1. The zero-order valence-electron chi connectivity index (χ0n) is 18.8. The summed E-state index contributed by atoms with van der Waals surface area (Å²) in [5, 5.41) is 15.3. The van der Waals surface area contributed by atoms with Gasteiger partial charge in [0.05, 0.1) is 26.4 Å². The lowest BCUT2D eigenvalue weighted by Crippen LogP contribution is -2.55. The summed E-state index contributed by atoms with van der Waals surface area (Å²) in [5.41, 5.74) is -1.89. The molecule has 0 bridgehead atoms. The molecule has 1 aromatic carbocycles. The van der Waals surface area contributed by atoms with Crippen molar-refractivity contribution in [1.82, 2.24) is 24.8 Å². The summed E-state index contributed by atoms with van der Waals surface area (Å²) in [6, 6.07) is 2.84. The van der Waals surface area contributed by atoms with E-state index in [0.717, 1.165) is 23.3 Å². The van der Waals surface area contributed by atoms with Crippen LogP contribution in [-0.4, -0.2) is 82.2 Å². The molecule has 1 fully saturated rings. The van der Waals surface area contributed by atoms with Gasteiger partial charge in [0.2, 0.25) is 11.3 Å². The number of aromatic hydroxyl groups is 1. The predicted molar refractivity (Wildman–Crippen MR) is 116 cm³/mol. The number of amides is 3. The number of aromatic nitrogens is 1. The minimum absolute atomic E-state index is 0.00774. The first-order valence-corrected chi connectivity index (χ1v) is 10.7. The SMILES string of the molecule is CN1C(=O)c2c(O)c(=O)c(C(=O)NCc3ccc(F)cc3F)cn2CN1CC(=O)N1CCOCC1. The molecule has 0 saturated carbocycles. The van der Waals surface area contributed by atoms with E-state index in [0.29, 0.717) is 32.4 Å². The number of nitrogens with zero attached hydrogens (tertiary/aromatic N) is 4. The maximum Gasteiger partial charge on any atom is 0.288 e. The lowest BCUT2D eigenvalue weighted by Gasteiger charge is -2.38. The summed E-state index contributed by atoms with van der Waals surface area (Å²) in [5.74, 6) is -4.46. The van der Waals surface area contributed by atoms with Crippen molar-refractivity contribution in [3.05, 3.63) is 63.1 Å². The molecule has 35 heavy (non-hydrogen) atoms. The summed E-state index contributed by atoms with van der Waals surface area (Å²) >= 11 is 0. The molecule has 13 heteroatoms. The third kappa shape index (κ3) is 4.86. The quantitative estimate of drug-likeness (QED) is 0.598. The number of nitrogens with one attached hydrogen (secondary N) is 1. The van der Waals surface area contributed by atoms with Crippen molar-refractivity contribution in [3.63, 3.8) is 0 Å². The number of carbonyl (C=O) groups excluding carboxylic acids is 3. The van der Waals surface area contributed by atoms with E-state index >= 15 is 0 Å². The number of rotatable bonds is 5. The van der Waals surface area contributed by atoms with Crippen LogP contribution in [0.1, 0.15) is 26.4 Å². The van der Waals surface area contributed by atoms with Gasteiger partial charge in [0.1, 0.15) is 17.2 Å². The first-order chi connectivity index (χ1) is 16.7. The van der Waals surface area contributed by atoms with Crippen molar-refractivity contribution < 1.29 is 33.0 Å². The monoisotopic (exact) mass is 491 g/mol. The Labute approximate surface area is 198 Å². The highest BCUT2D eigenvalue weighted by Gasteiger charge is 2.34. The van der Waals surface area contributed by atoms with Gasteiger partial charge in [-0.2, -0.15) is 5.01 Å². The average Bonchev–Trinajstić information content (AvgIpc) is 2.84. The second-order valence-corrected chi connectivity index (χ2v) is 8.09. The standard InChI is InChI=1S/C22H23F2N5O6/c1-26-22(34)18-20(32)19(31)15(21(33)25-9-13-2-3-14(23)8-16(13)24)10-28(18)12-29(26)11-17(30)27-4-6-35-7-5-27/h2-3,8,10,32H,4-7,9,11-12H2,1H3,(H,25,33). The van der Waals surface area contributed by atoms with E-state index in [4.69, 9.17) is 4.74 Å². The fraction of sp³-hybridized carbons (Fsp3) is 0.364. The van der Waals surface area contributed by atoms with E-state index in [1.165, 1.54) is 16.6 Å². The number of ether oxygens (including phenoxy) is 1. The lowest BCUT2D eigenvalue weighted by molar-refractivity contribution is -0.141. The molecular formula is C22H23F2N5O6. The number of benzene rings is 1. The van der Waals surface area contributed by atoms with Crippen molar-refractivity contribution in [1.29, 1.82) is 0 Å². The fourth-order valence-corrected chi connectivity index (χ4v) is 3.86. The third-order valence-electron chi connectivity index (χ3n) is 5.87. The Hall–Kier alpha value is -3.84. The smallest absolute Gasteiger partial charge is 0.288 e. The Morgan fingerprint density at radius 1 is 1.17 bits per heavy atom. The molecule has 1 saturated heterocycles. The molecule has 0 spiro atoms. The molecule has 0 unspecified atom stereocenters. The maximum absolute atomic E-state index is 13.9. The van der Waals surface area contributed by atoms with Gasteiger partial charge in [-0.1, -0.05) is 6.07 Å². The Morgan fingerprint density at radius 2 is 1.89 bits per heavy atom. The number of morpholine rings is 1. The van der Waals surface area contributed by atoms with Gasteiger partial charge < -0.3 is 24.6 Å². The molecule has 0 atom stereocenters. The summed E-state index contributed by atoms with van der Waals surface area (Å²) in [6.45, 7) is 1.08. The van der Waals surface area contributed by atoms with Crippen LogP contribution in [0.15, 0.2) is 29.2 Å². The summed E-state index contributed by atoms with van der Waals surface area (Å²) in [7, 11) is 1.40. The van der Waals surface area contributed by atoms with E-state index in [-0.39, 0.29) is 36.9 Å². The van der Waals surface area contributed by atoms with Crippen LogP contribution in [0.2, 0.25) is 0 Å². The number of hydrogen-bond donors (Lipinski definition) is 2. The molecule has 4 rings (SSSR count). The van der Waals surface area contributed by atoms with E-state index in [2.05, 4.69) is 5.32 Å². The van der Waals surface area contributed by atoms with Crippen molar-refractivity contribution in [2.24, 2.45) is 0 Å². The molecule has 0 aliphatic carbocycles. The van der Waals surface area contributed by atoms with Crippen molar-refractivity contribution in [3.8, 4) is 5.75 Å². The van der Waals surface area contributed by atoms with Crippen LogP contribution in [0.25, 0.3) is 0 Å². The van der Waals surface area contributed by atoms with Crippen molar-refractivity contribution in [2.75, 3.05) is 39.9 Å². The molecule has 11 nitrogen and oxygen atoms in total. The minimum Gasteiger partial charge on any atom is -0.503 e. The summed E-state index contributed by atoms with van der Waals surface area (Å²) < 4.78 is 33.4. The Morgan fingerprint density at radius 3 is 2.57 bits per heavy atom. The van der Waals surface area contributed by atoms with Crippen LogP contribution in [0.5, 0.6) is 5.75 Å². The van der Waals surface area contributed by atoms with E-state index < -0.39 is 40.2 Å². The van der Waals surface area contributed by atoms with Gasteiger partial charge in [-0.15, -0.1) is 0 Å². The number of carbonyl (C=O) groups is 3. The molecule has 186 valence electrons. The van der Waals surface area contributed by atoms with Crippen LogP contribution in [0, 0.1) is 11.6 Å². The van der Waals surface area contributed by atoms with E-state index in [9.17, 15) is 33.1 Å². The Kier molecular flexibility index (Phi) is 6.80. The molecule has 1 aromatic heterocycles.